The van der Waals surface area contributed by atoms with Gasteiger partial charge in [-0.3, -0.25) is 0 Å². The summed E-state index contributed by atoms with van der Waals surface area (Å²) >= 11 is 0. The van der Waals surface area contributed by atoms with E-state index in [0.717, 1.165) is 47.5 Å². The van der Waals surface area contributed by atoms with Gasteiger partial charge in [0, 0.05) is 36.4 Å². The summed E-state index contributed by atoms with van der Waals surface area (Å²) < 4.78 is 44.5. The highest BCUT2D eigenvalue weighted by Crippen LogP contribution is 2.35. The molecule has 10 heteroatoms. The Labute approximate surface area is 213 Å². The summed E-state index contributed by atoms with van der Waals surface area (Å²) in [5.74, 6) is 1.58. The van der Waals surface area contributed by atoms with Crippen LogP contribution in [0.25, 0.3) is 22.6 Å². The van der Waals surface area contributed by atoms with E-state index in [1.807, 2.05) is 52.1 Å². The number of nitrogens with one attached hydrogen (secondary N) is 3. The Morgan fingerprint density at radius 3 is 2.35 bits per heavy atom. The minimum Gasteiger partial charge on any atom is -0.361 e. The van der Waals surface area contributed by atoms with Crippen LogP contribution in [0.4, 0.5) is 24.7 Å². The Morgan fingerprint density at radius 2 is 1.70 bits per heavy atom. The first-order valence-electron chi connectivity index (χ1n) is 11.9. The van der Waals surface area contributed by atoms with Crippen LogP contribution in [0.5, 0.6) is 0 Å². The van der Waals surface area contributed by atoms with E-state index in [0.29, 0.717) is 41.0 Å². The Morgan fingerprint density at radius 1 is 0.946 bits per heavy atom. The van der Waals surface area contributed by atoms with E-state index in [1.165, 1.54) is 12.1 Å². The SMILES string of the molecule is CNCCNCc1cccc(-c2nc(Nc3ccc(C(F)(F)F)cc3)c(C)c(-c3c(C)noc3C)n2)c1. The number of aryl methyl sites for hydroxylation is 2. The van der Waals surface area contributed by atoms with Gasteiger partial charge in [0.05, 0.1) is 22.5 Å². The summed E-state index contributed by atoms with van der Waals surface area (Å²) in [6.45, 7) is 7.90. The topological polar surface area (TPSA) is 87.9 Å². The first-order valence-corrected chi connectivity index (χ1v) is 11.9. The van der Waals surface area contributed by atoms with Gasteiger partial charge in [0.1, 0.15) is 11.6 Å². The molecule has 0 spiro atoms. The fourth-order valence-corrected chi connectivity index (χ4v) is 3.98. The first kappa shape index (κ1) is 26.3. The quantitative estimate of drug-likeness (QED) is 0.246. The van der Waals surface area contributed by atoms with E-state index < -0.39 is 11.7 Å². The van der Waals surface area contributed by atoms with Gasteiger partial charge in [0.2, 0.25) is 0 Å². The minimum absolute atomic E-state index is 0.479. The second kappa shape index (κ2) is 11.1. The molecule has 7 nitrogen and oxygen atoms in total. The maximum Gasteiger partial charge on any atom is 0.416 e. The van der Waals surface area contributed by atoms with Gasteiger partial charge < -0.3 is 20.5 Å². The van der Waals surface area contributed by atoms with Gasteiger partial charge in [-0.1, -0.05) is 23.4 Å². The number of likely N-dealkylation sites (N-methyl/N-ethyl adjacent to an activating group) is 1. The third-order valence-electron chi connectivity index (χ3n) is 5.96. The van der Waals surface area contributed by atoms with Crippen molar-refractivity contribution >= 4 is 11.5 Å². The third kappa shape index (κ3) is 6.15. The second-order valence-electron chi connectivity index (χ2n) is 8.75. The Kier molecular flexibility index (Phi) is 7.89. The monoisotopic (exact) mass is 510 g/mol. The van der Waals surface area contributed by atoms with Crippen molar-refractivity contribution in [3.63, 3.8) is 0 Å². The van der Waals surface area contributed by atoms with Crippen LogP contribution in [0, 0.1) is 20.8 Å². The van der Waals surface area contributed by atoms with Crippen molar-refractivity contribution in [1.29, 1.82) is 0 Å². The summed E-state index contributed by atoms with van der Waals surface area (Å²) in [6.07, 6.45) is -4.40. The number of hydrogen-bond donors (Lipinski definition) is 3. The molecule has 3 N–H and O–H groups in total. The van der Waals surface area contributed by atoms with Crippen molar-refractivity contribution in [3.8, 4) is 22.6 Å². The molecular formula is C27H29F3N6O. The van der Waals surface area contributed by atoms with Crippen LogP contribution in [-0.4, -0.2) is 35.3 Å². The van der Waals surface area contributed by atoms with Gasteiger partial charge in [0.25, 0.3) is 0 Å². The van der Waals surface area contributed by atoms with E-state index in [4.69, 9.17) is 14.5 Å². The van der Waals surface area contributed by atoms with Gasteiger partial charge in [-0.05, 0) is 63.7 Å². The van der Waals surface area contributed by atoms with Gasteiger partial charge in [-0.25, -0.2) is 9.97 Å². The summed E-state index contributed by atoms with van der Waals surface area (Å²) in [5, 5.41) is 13.7. The Balaban J connectivity index is 1.75. The van der Waals surface area contributed by atoms with Crippen LogP contribution >= 0.6 is 0 Å². The number of benzene rings is 2. The second-order valence-corrected chi connectivity index (χ2v) is 8.75. The Hall–Kier alpha value is -3.76. The number of halogens is 3. The molecule has 0 radical (unpaired) electrons. The maximum atomic E-state index is 13.0. The van der Waals surface area contributed by atoms with Crippen LogP contribution in [0.2, 0.25) is 0 Å². The standard InChI is InChI=1S/C27H29F3N6O/c1-16-24(23-17(2)36-37-18(23)3)34-26(20-7-5-6-19(14-20)15-32-13-12-31-4)35-25(16)33-22-10-8-21(9-11-22)27(28,29)30/h5-11,14,31-32H,12-13,15H2,1-4H3,(H,33,34,35). The zero-order valence-corrected chi connectivity index (χ0v) is 21.1. The van der Waals surface area contributed by atoms with E-state index in [9.17, 15) is 13.2 Å². The van der Waals surface area contributed by atoms with Crippen LogP contribution in [0.3, 0.4) is 0 Å². The lowest BCUT2D eigenvalue weighted by Gasteiger charge is -2.15. The van der Waals surface area contributed by atoms with E-state index in [2.05, 4.69) is 21.1 Å². The van der Waals surface area contributed by atoms with Crippen LogP contribution < -0.4 is 16.0 Å². The highest BCUT2D eigenvalue weighted by atomic mass is 19.4. The molecule has 2 heterocycles. The van der Waals surface area contributed by atoms with Gasteiger partial charge in [-0.15, -0.1) is 0 Å². The molecule has 0 aliphatic heterocycles. The predicted octanol–water partition coefficient (Wildman–Crippen LogP) is 5.80. The van der Waals surface area contributed by atoms with Crippen LogP contribution in [0.15, 0.2) is 53.1 Å². The van der Waals surface area contributed by atoms with Gasteiger partial charge >= 0.3 is 6.18 Å². The highest BCUT2D eigenvalue weighted by Gasteiger charge is 2.30. The lowest BCUT2D eigenvalue weighted by molar-refractivity contribution is -0.137. The van der Waals surface area contributed by atoms with E-state index in [-0.39, 0.29) is 0 Å². The first-order chi connectivity index (χ1) is 17.7. The molecule has 4 aromatic rings. The van der Waals surface area contributed by atoms with Crippen molar-refractivity contribution in [3.05, 3.63) is 76.7 Å². The number of nitrogens with zero attached hydrogens (tertiary/aromatic N) is 3. The molecule has 2 aromatic heterocycles. The highest BCUT2D eigenvalue weighted by molar-refractivity contribution is 5.76. The zero-order valence-electron chi connectivity index (χ0n) is 21.1. The molecule has 2 aromatic carbocycles. The molecule has 4 rings (SSSR count). The molecule has 194 valence electrons. The summed E-state index contributed by atoms with van der Waals surface area (Å²) in [7, 11) is 1.91. The fraction of sp³-hybridized carbons (Fsp3) is 0.296. The normalized spacial score (nSPS) is 11.6. The fourth-order valence-electron chi connectivity index (χ4n) is 3.98. The van der Waals surface area contributed by atoms with Gasteiger partial charge in [-0.2, -0.15) is 13.2 Å². The molecule has 0 aliphatic carbocycles. The molecule has 0 unspecified atom stereocenters. The maximum absolute atomic E-state index is 13.0. The number of alkyl halides is 3. The van der Waals surface area contributed by atoms with Crippen LogP contribution in [0.1, 0.15) is 28.1 Å². The number of hydrogen-bond acceptors (Lipinski definition) is 7. The number of aromatic nitrogens is 3. The molecular weight excluding hydrogens is 481 g/mol. The van der Waals surface area contributed by atoms with Crippen LogP contribution in [-0.2, 0) is 12.7 Å². The predicted molar refractivity (Wildman–Crippen MR) is 138 cm³/mol. The smallest absolute Gasteiger partial charge is 0.361 e. The third-order valence-corrected chi connectivity index (χ3v) is 5.96. The summed E-state index contributed by atoms with van der Waals surface area (Å²) in [4.78, 5) is 9.64. The van der Waals surface area contributed by atoms with Crippen molar-refractivity contribution < 1.29 is 17.7 Å². The molecule has 0 saturated heterocycles. The molecule has 0 saturated carbocycles. The number of anilines is 2. The van der Waals surface area contributed by atoms with E-state index in [1.54, 1.807) is 0 Å². The summed E-state index contributed by atoms with van der Waals surface area (Å²) in [6, 6.07) is 12.8. The Bertz CT molecular complexity index is 1350. The zero-order chi connectivity index (χ0) is 26.6. The van der Waals surface area contributed by atoms with Crippen molar-refractivity contribution in [2.75, 3.05) is 25.5 Å². The largest absolute Gasteiger partial charge is 0.416 e. The minimum atomic E-state index is -4.40. The lowest BCUT2D eigenvalue weighted by Crippen LogP contribution is -2.24. The molecule has 0 atom stereocenters. The molecule has 0 aliphatic rings. The lowest BCUT2D eigenvalue weighted by atomic mass is 10.0. The molecule has 0 amide bonds. The average Bonchev–Trinajstić information content (AvgIpc) is 3.20. The summed E-state index contributed by atoms with van der Waals surface area (Å²) in [5.41, 5.74) is 4.49. The average molecular weight is 511 g/mol. The van der Waals surface area contributed by atoms with Crippen molar-refractivity contribution in [2.45, 2.75) is 33.5 Å². The van der Waals surface area contributed by atoms with Crippen molar-refractivity contribution in [1.82, 2.24) is 25.8 Å². The van der Waals surface area contributed by atoms with Gasteiger partial charge in [0.15, 0.2) is 5.82 Å². The number of rotatable bonds is 9. The molecule has 0 fully saturated rings. The molecule has 37 heavy (non-hydrogen) atoms. The molecule has 0 bridgehead atoms. The van der Waals surface area contributed by atoms with Crippen molar-refractivity contribution in [2.24, 2.45) is 0 Å². The van der Waals surface area contributed by atoms with E-state index >= 15 is 0 Å².